The van der Waals surface area contributed by atoms with E-state index in [0.29, 0.717) is 29.8 Å². The lowest BCUT2D eigenvalue weighted by Crippen LogP contribution is -2.00. The molecule has 0 fully saturated rings. The summed E-state index contributed by atoms with van der Waals surface area (Å²) in [6.45, 7) is 2.36. The zero-order valence-electron chi connectivity index (χ0n) is 10.7. The van der Waals surface area contributed by atoms with Gasteiger partial charge >= 0.3 is 0 Å². The van der Waals surface area contributed by atoms with Crippen LogP contribution in [0.25, 0.3) is 0 Å². The van der Waals surface area contributed by atoms with Gasteiger partial charge < -0.3 is 20.3 Å². The van der Waals surface area contributed by atoms with E-state index in [1.165, 1.54) is 0 Å². The molecule has 2 rings (SSSR count). The maximum Gasteiger partial charge on any atom is 0.240 e. The number of anilines is 1. The number of hydrogen-bond donors (Lipinski definition) is 2. The van der Waals surface area contributed by atoms with Crippen LogP contribution in [0, 0.1) is 0 Å². The number of nitrogen functional groups attached to an aromatic ring is 1. The molecule has 5 nitrogen and oxygen atoms in total. The van der Waals surface area contributed by atoms with Gasteiger partial charge in [-0.25, -0.2) is 0 Å². The summed E-state index contributed by atoms with van der Waals surface area (Å²) in [4.78, 5) is 4.18. The molecule has 0 aliphatic rings. The number of rotatable bonds is 5. The smallest absolute Gasteiger partial charge is 0.240 e. The summed E-state index contributed by atoms with van der Waals surface area (Å²) in [5.74, 6) is 1.42. The van der Waals surface area contributed by atoms with Gasteiger partial charge in [0.1, 0.15) is 5.75 Å². The van der Waals surface area contributed by atoms with Crippen LogP contribution in [0.2, 0.25) is 0 Å². The summed E-state index contributed by atoms with van der Waals surface area (Å²) in [6.07, 6.45) is 0. The summed E-state index contributed by atoms with van der Waals surface area (Å²) in [5.41, 5.74) is 7.04. The Morgan fingerprint density at radius 2 is 1.89 bits per heavy atom. The molecular formula is C14H16N2O3. The number of nitrogens with zero attached hydrogens (tertiary/aromatic N) is 1. The molecule has 1 heterocycles. The van der Waals surface area contributed by atoms with Gasteiger partial charge in [-0.1, -0.05) is 12.1 Å². The van der Waals surface area contributed by atoms with E-state index in [1.54, 1.807) is 36.4 Å². The highest BCUT2D eigenvalue weighted by atomic mass is 16.5. The number of ether oxygens (including phenoxy) is 2. The molecule has 0 aliphatic carbocycles. The molecule has 0 atom stereocenters. The van der Waals surface area contributed by atoms with Gasteiger partial charge in [0, 0.05) is 6.07 Å². The van der Waals surface area contributed by atoms with E-state index >= 15 is 0 Å². The second kappa shape index (κ2) is 6.06. The monoisotopic (exact) mass is 260 g/mol. The van der Waals surface area contributed by atoms with E-state index in [1.807, 2.05) is 6.92 Å². The second-order valence-electron chi connectivity index (χ2n) is 3.88. The van der Waals surface area contributed by atoms with Gasteiger partial charge in [-0.05, 0) is 30.7 Å². The van der Waals surface area contributed by atoms with Gasteiger partial charge in [0.15, 0.2) is 0 Å². The van der Waals surface area contributed by atoms with Crippen molar-refractivity contribution in [3.8, 4) is 17.5 Å². The van der Waals surface area contributed by atoms with Crippen LogP contribution in [0.15, 0.2) is 36.4 Å². The first-order valence-electron chi connectivity index (χ1n) is 6.00. The second-order valence-corrected chi connectivity index (χ2v) is 3.88. The van der Waals surface area contributed by atoms with Gasteiger partial charge in [-0.2, -0.15) is 4.98 Å². The van der Waals surface area contributed by atoms with Crippen LogP contribution in [0.4, 0.5) is 5.69 Å². The van der Waals surface area contributed by atoms with E-state index < -0.39 is 0 Å². The van der Waals surface area contributed by atoms with Crippen molar-refractivity contribution in [2.75, 3.05) is 12.3 Å². The van der Waals surface area contributed by atoms with Crippen molar-refractivity contribution in [1.82, 2.24) is 4.98 Å². The summed E-state index contributed by atoms with van der Waals surface area (Å²) in [5, 5.41) is 8.96. The van der Waals surface area contributed by atoms with Gasteiger partial charge in [-0.15, -0.1) is 0 Å². The van der Waals surface area contributed by atoms with Crippen molar-refractivity contribution >= 4 is 5.69 Å². The van der Waals surface area contributed by atoms with E-state index in [0.717, 1.165) is 5.56 Å². The fourth-order valence-corrected chi connectivity index (χ4v) is 1.53. The molecule has 5 heteroatoms. The molecule has 100 valence electrons. The predicted molar refractivity (Wildman–Crippen MR) is 72.3 cm³/mol. The standard InChI is InChI=1S/C14H16N2O3/c1-2-18-14-12(15)7-8-13(16-14)19-11-5-3-10(9-17)4-6-11/h3-8,17H,2,9,15H2,1H3. The SMILES string of the molecule is CCOc1nc(Oc2ccc(CO)cc2)ccc1N. The molecule has 3 N–H and O–H groups in total. The fraction of sp³-hybridized carbons (Fsp3) is 0.214. The molecule has 0 aliphatic heterocycles. The number of pyridine rings is 1. The van der Waals surface area contributed by atoms with Crippen LogP contribution < -0.4 is 15.2 Å². The number of aliphatic hydroxyl groups excluding tert-OH is 1. The van der Waals surface area contributed by atoms with E-state index in [2.05, 4.69) is 4.98 Å². The number of benzene rings is 1. The van der Waals surface area contributed by atoms with E-state index in [-0.39, 0.29) is 6.61 Å². The summed E-state index contributed by atoms with van der Waals surface area (Å²) >= 11 is 0. The first-order valence-corrected chi connectivity index (χ1v) is 6.00. The third-order valence-electron chi connectivity index (χ3n) is 2.47. The lowest BCUT2D eigenvalue weighted by atomic mass is 10.2. The van der Waals surface area contributed by atoms with Crippen molar-refractivity contribution in [1.29, 1.82) is 0 Å². The average Bonchev–Trinajstić information content (AvgIpc) is 2.44. The number of aromatic nitrogens is 1. The Kier molecular flexibility index (Phi) is 4.20. The predicted octanol–water partition coefficient (Wildman–Crippen LogP) is 2.35. The molecule has 1 aromatic carbocycles. The molecule has 0 saturated heterocycles. The zero-order chi connectivity index (χ0) is 13.7. The molecule has 0 amide bonds. The highest BCUT2D eigenvalue weighted by Crippen LogP contribution is 2.26. The van der Waals surface area contributed by atoms with Crippen LogP contribution in [0.3, 0.4) is 0 Å². The van der Waals surface area contributed by atoms with Gasteiger partial charge in [-0.3, -0.25) is 0 Å². The molecule has 0 unspecified atom stereocenters. The van der Waals surface area contributed by atoms with Crippen molar-refractivity contribution < 1.29 is 14.6 Å². The molecule has 1 aromatic heterocycles. The van der Waals surface area contributed by atoms with Crippen molar-refractivity contribution in [2.24, 2.45) is 0 Å². The van der Waals surface area contributed by atoms with Crippen LogP contribution >= 0.6 is 0 Å². The Labute approximate surface area is 111 Å². The van der Waals surface area contributed by atoms with Crippen LogP contribution in [-0.2, 0) is 6.61 Å². The van der Waals surface area contributed by atoms with Crippen LogP contribution in [0.5, 0.6) is 17.5 Å². The molecule has 2 aromatic rings. The Morgan fingerprint density at radius 3 is 2.53 bits per heavy atom. The summed E-state index contributed by atoms with van der Waals surface area (Å²) in [6, 6.07) is 10.5. The van der Waals surface area contributed by atoms with Crippen molar-refractivity contribution in [3.05, 3.63) is 42.0 Å². The first-order chi connectivity index (χ1) is 9.22. The van der Waals surface area contributed by atoms with E-state index in [4.69, 9.17) is 20.3 Å². The lowest BCUT2D eigenvalue weighted by Gasteiger charge is -2.09. The molecule has 19 heavy (non-hydrogen) atoms. The molecule has 0 bridgehead atoms. The number of hydrogen-bond acceptors (Lipinski definition) is 5. The van der Waals surface area contributed by atoms with Gasteiger partial charge in [0.25, 0.3) is 0 Å². The number of aliphatic hydroxyl groups is 1. The van der Waals surface area contributed by atoms with Crippen LogP contribution in [-0.4, -0.2) is 16.7 Å². The third kappa shape index (κ3) is 3.35. The molecule has 0 saturated carbocycles. The minimum absolute atomic E-state index is 0.00882. The molecule has 0 radical (unpaired) electrons. The summed E-state index contributed by atoms with van der Waals surface area (Å²) < 4.78 is 10.9. The molecular weight excluding hydrogens is 244 g/mol. The summed E-state index contributed by atoms with van der Waals surface area (Å²) in [7, 11) is 0. The Morgan fingerprint density at radius 1 is 1.16 bits per heavy atom. The van der Waals surface area contributed by atoms with Crippen molar-refractivity contribution in [3.63, 3.8) is 0 Å². The van der Waals surface area contributed by atoms with Gasteiger partial charge in [0.05, 0.1) is 18.9 Å². The Bertz CT molecular complexity index is 541. The first kappa shape index (κ1) is 13.2. The largest absolute Gasteiger partial charge is 0.476 e. The highest BCUT2D eigenvalue weighted by molar-refractivity contribution is 5.49. The van der Waals surface area contributed by atoms with Gasteiger partial charge in [0.2, 0.25) is 11.8 Å². The normalized spacial score (nSPS) is 10.2. The maximum atomic E-state index is 8.96. The van der Waals surface area contributed by atoms with Crippen LogP contribution in [0.1, 0.15) is 12.5 Å². The number of nitrogens with two attached hydrogens (primary N) is 1. The minimum atomic E-state index is 0.00882. The zero-order valence-corrected chi connectivity index (χ0v) is 10.7. The quantitative estimate of drug-likeness (QED) is 0.862. The average molecular weight is 260 g/mol. The minimum Gasteiger partial charge on any atom is -0.476 e. The van der Waals surface area contributed by atoms with E-state index in [9.17, 15) is 0 Å². The Hall–Kier alpha value is -2.27. The maximum absolute atomic E-state index is 8.96. The third-order valence-corrected chi connectivity index (χ3v) is 2.47. The Balaban J connectivity index is 2.15. The highest BCUT2D eigenvalue weighted by Gasteiger charge is 2.05. The lowest BCUT2D eigenvalue weighted by molar-refractivity contribution is 0.281. The fourth-order valence-electron chi connectivity index (χ4n) is 1.53. The molecule has 0 spiro atoms. The van der Waals surface area contributed by atoms with Crippen molar-refractivity contribution in [2.45, 2.75) is 13.5 Å². The topological polar surface area (TPSA) is 77.6 Å².